The van der Waals surface area contributed by atoms with Crippen molar-refractivity contribution in [3.63, 3.8) is 0 Å². The first kappa shape index (κ1) is 18.2. The Morgan fingerprint density at radius 2 is 1.14 bits per heavy atom. The van der Waals surface area contributed by atoms with E-state index in [2.05, 4.69) is 33.7 Å². The molecular weight excluding hydrogens is 333 g/mol. The van der Waals surface area contributed by atoms with E-state index in [1.807, 2.05) is 13.8 Å². The van der Waals surface area contributed by atoms with Gasteiger partial charge in [-0.15, -0.1) is 0 Å². The summed E-state index contributed by atoms with van der Waals surface area (Å²) in [7, 11) is 0. The zero-order chi connectivity index (χ0) is 12.0. The first-order valence-corrected chi connectivity index (χ1v) is 11.3. The van der Waals surface area contributed by atoms with Crippen molar-refractivity contribution in [2.75, 3.05) is 13.1 Å². The van der Waals surface area contributed by atoms with Gasteiger partial charge in [0.25, 0.3) is 0 Å². The summed E-state index contributed by atoms with van der Waals surface area (Å²) in [5.74, 6) is -3.00. The van der Waals surface area contributed by atoms with Crippen molar-refractivity contribution in [3.8, 4) is 0 Å². The lowest BCUT2D eigenvalue weighted by Crippen LogP contribution is -2.14. The minimum Gasteiger partial charge on any atom is -0.271 e. The van der Waals surface area contributed by atoms with Gasteiger partial charge in [0.2, 0.25) is 0 Å². The molecule has 88 valence electrons. The van der Waals surface area contributed by atoms with Crippen LogP contribution in [0.25, 0.3) is 0 Å². The third-order valence-corrected chi connectivity index (χ3v) is 3.57. The Morgan fingerprint density at radius 3 is 1.14 bits per heavy atom. The van der Waals surface area contributed by atoms with Crippen LogP contribution < -0.4 is 0 Å². The highest BCUT2D eigenvalue weighted by Gasteiger charge is 2.20. The minimum atomic E-state index is -3.22. The summed E-state index contributed by atoms with van der Waals surface area (Å²) in [5, 5.41) is -3.22. The third kappa shape index (κ3) is 16.3. The molecule has 0 unspecified atom stereocenters. The number of halogens is 5. The van der Waals surface area contributed by atoms with Crippen molar-refractivity contribution in [1.82, 2.24) is 4.67 Å². The van der Waals surface area contributed by atoms with E-state index < -0.39 is 11.2 Å². The molecule has 0 aromatic carbocycles. The van der Waals surface area contributed by atoms with Gasteiger partial charge >= 0.3 is 11.2 Å². The van der Waals surface area contributed by atoms with Gasteiger partial charge in [-0.25, -0.2) is 4.67 Å². The molecule has 0 atom stereocenters. The van der Waals surface area contributed by atoms with E-state index in [0.717, 1.165) is 0 Å². The molecule has 0 spiro atoms. The van der Waals surface area contributed by atoms with Crippen LogP contribution >= 0.6 is 67.4 Å². The van der Waals surface area contributed by atoms with E-state index in [9.17, 15) is 9.13 Å². The summed E-state index contributed by atoms with van der Waals surface area (Å²) in [6.45, 7) is 4.98. The van der Waals surface area contributed by atoms with Gasteiger partial charge in [0, 0.05) is 13.1 Å². The summed E-state index contributed by atoms with van der Waals surface area (Å²) < 4.78 is 21.9. The summed E-state index contributed by atoms with van der Waals surface area (Å²) in [6, 6.07) is 0. The molecule has 0 aliphatic heterocycles. The molecule has 0 heterocycles. The Balaban J connectivity index is 0. The summed E-state index contributed by atoms with van der Waals surface area (Å²) in [6.07, 6.45) is 0. The molecule has 0 aliphatic carbocycles. The lowest BCUT2D eigenvalue weighted by Gasteiger charge is -2.17. The quantitative estimate of drug-likeness (QED) is 0.615. The largest absolute Gasteiger partial charge is 0.339 e. The maximum Gasteiger partial charge on any atom is 0.339 e. The van der Waals surface area contributed by atoms with Gasteiger partial charge < -0.3 is 0 Å². The number of rotatable bonds is 3. The van der Waals surface area contributed by atoms with Crippen molar-refractivity contribution < 1.29 is 9.13 Å². The fraction of sp³-hybridized carbons (Fsp3) is 1.00. The van der Waals surface area contributed by atoms with Gasteiger partial charge in [-0.3, -0.25) is 9.13 Å². The summed E-state index contributed by atoms with van der Waals surface area (Å²) in [4.78, 5) is 0. The molecule has 0 saturated heterocycles. The van der Waals surface area contributed by atoms with Crippen molar-refractivity contribution >= 4 is 67.4 Å². The molecule has 0 amide bonds. The minimum absolute atomic E-state index is 0.626. The molecule has 14 heavy (non-hydrogen) atoms. The first-order valence-electron chi connectivity index (χ1n) is 3.46. The standard InChI is InChI=1S/C4H10Cl2NOP.Cl3OP/c1-3-7(4-2)9(5,6)8;1-5(2,3)4/h3-4H2,1-2H3;. The second kappa shape index (κ2) is 8.03. The molecule has 0 aromatic heterocycles. The van der Waals surface area contributed by atoms with Crippen LogP contribution in [0.2, 0.25) is 0 Å². The molecule has 3 nitrogen and oxygen atoms in total. The highest BCUT2D eigenvalue weighted by atomic mass is 36.0. The Kier molecular flexibility index (Phi) is 10.5. The molecule has 0 fully saturated rings. The van der Waals surface area contributed by atoms with Crippen molar-refractivity contribution in [1.29, 1.82) is 0 Å². The molecule has 0 aliphatic rings. The molecular formula is C4H10Cl5NO2P2. The van der Waals surface area contributed by atoms with Crippen LogP contribution in [-0.2, 0) is 9.13 Å². The number of hydrogen-bond acceptors (Lipinski definition) is 2. The lowest BCUT2D eigenvalue weighted by molar-refractivity contribution is 0.466. The predicted octanol–water partition coefficient (Wildman–Crippen LogP) is 5.72. The second-order valence-electron chi connectivity index (χ2n) is 1.97. The van der Waals surface area contributed by atoms with Crippen molar-refractivity contribution in [2.45, 2.75) is 13.8 Å². The second-order valence-corrected chi connectivity index (χ2v) is 13.3. The van der Waals surface area contributed by atoms with Gasteiger partial charge in [0.1, 0.15) is 0 Å². The van der Waals surface area contributed by atoms with Crippen molar-refractivity contribution in [3.05, 3.63) is 0 Å². The fourth-order valence-electron chi connectivity index (χ4n) is 0.553. The molecule has 0 bridgehead atoms. The van der Waals surface area contributed by atoms with Crippen LogP contribution in [0, 0.1) is 0 Å². The van der Waals surface area contributed by atoms with Crippen molar-refractivity contribution in [2.24, 2.45) is 0 Å². The predicted molar refractivity (Wildman–Crippen MR) is 67.4 cm³/mol. The Hall–Kier alpha value is 1.87. The maximum absolute atomic E-state index is 10.8. The van der Waals surface area contributed by atoms with Crippen LogP contribution in [0.15, 0.2) is 0 Å². The zero-order valence-corrected chi connectivity index (χ0v) is 13.0. The normalized spacial score (nSPS) is 12.3. The van der Waals surface area contributed by atoms with Crippen LogP contribution in [0.4, 0.5) is 0 Å². The van der Waals surface area contributed by atoms with E-state index in [4.69, 9.17) is 22.5 Å². The smallest absolute Gasteiger partial charge is 0.271 e. The van der Waals surface area contributed by atoms with E-state index >= 15 is 0 Å². The summed E-state index contributed by atoms with van der Waals surface area (Å²) in [5.41, 5.74) is 0. The summed E-state index contributed by atoms with van der Waals surface area (Å²) >= 11 is 24.5. The van der Waals surface area contributed by atoms with E-state index in [-0.39, 0.29) is 0 Å². The third-order valence-electron chi connectivity index (χ3n) is 1.06. The van der Waals surface area contributed by atoms with Crippen LogP contribution in [0.3, 0.4) is 0 Å². The number of hydrogen-bond donors (Lipinski definition) is 0. The topological polar surface area (TPSA) is 37.4 Å². The Bertz CT molecular complexity index is 226. The van der Waals surface area contributed by atoms with Gasteiger partial charge in [-0.1, -0.05) is 13.8 Å². The Labute approximate surface area is 108 Å². The SMILES string of the molecule is CCN(CC)P(=O)(Cl)Cl.O=P(Cl)(Cl)Cl. The van der Waals surface area contributed by atoms with Gasteiger partial charge in [-0.05, 0) is 56.2 Å². The zero-order valence-electron chi connectivity index (χ0n) is 7.46. The highest BCUT2D eigenvalue weighted by Crippen LogP contribution is 2.61. The average molecular weight is 343 g/mol. The van der Waals surface area contributed by atoms with Gasteiger partial charge in [0.05, 0.1) is 0 Å². The van der Waals surface area contributed by atoms with Crippen LogP contribution in [-0.4, -0.2) is 17.8 Å². The first-order chi connectivity index (χ1) is 6.02. The molecule has 10 heteroatoms. The molecule has 0 radical (unpaired) electrons. The van der Waals surface area contributed by atoms with Gasteiger partial charge in [-0.2, -0.15) is 0 Å². The molecule has 0 saturated carbocycles. The maximum atomic E-state index is 10.8. The Morgan fingerprint density at radius 1 is 0.929 bits per heavy atom. The lowest BCUT2D eigenvalue weighted by atomic mass is 10.7. The number of nitrogens with zero attached hydrogens (tertiary/aromatic N) is 1. The van der Waals surface area contributed by atoms with Crippen LogP contribution in [0.5, 0.6) is 0 Å². The van der Waals surface area contributed by atoms with Gasteiger partial charge in [0.15, 0.2) is 0 Å². The molecule has 0 rings (SSSR count). The average Bonchev–Trinajstić information content (AvgIpc) is 1.82. The highest BCUT2D eigenvalue weighted by molar-refractivity contribution is 8.24. The molecule has 0 N–H and O–H groups in total. The van der Waals surface area contributed by atoms with E-state index in [0.29, 0.717) is 13.1 Å². The fourth-order valence-corrected chi connectivity index (χ4v) is 2.49. The van der Waals surface area contributed by atoms with Crippen LogP contribution in [0.1, 0.15) is 13.8 Å². The van der Waals surface area contributed by atoms with E-state index in [1.165, 1.54) is 4.67 Å². The van der Waals surface area contributed by atoms with E-state index in [1.54, 1.807) is 0 Å². The monoisotopic (exact) mass is 341 g/mol. The molecule has 0 aromatic rings.